The van der Waals surface area contributed by atoms with Crippen LogP contribution in [0.2, 0.25) is 0 Å². The summed E-state index contributed by atoms with van der Waals surface area (Å²) in [7, 11) is -7.36. The summed E-state index contributed by atoms with van der Waals surface area (Å²) < 4.78 is 82.6. The Morgan fingerprint density at radius 2 is 0.788 bits per heavy atom. The van der Waals surface area contributed by atoms with Gasteiger partial charge in [-0.1, -0.05) is 146 Å². The van der Waals surface area contributed by atoms with E-state index in [1.807, 2.05) is 149 Å². The first-order chi connectivity index (χ1) is 41.1. The molecule has 4 aromatic carbocycles. The highest BCUT2D eigenvalue weighted by molar-refractivity contribution is 7.81. The molecule has 23 heteroatoms. The number of aliphatic hydroxyl groups is 3. The first-order valence-corrected chi connectivity index (χ1v) is 34.0. The third-order valence-corrected chi connectivity index (χ3v) is 13.4. The van der Waals surface area contributed by atoms with Gasteiger partial charge in [0.1, 0.15) is 6.61 Å². The smallest absolute Gasteiger partial charge is 0.474 e. The van der Waals surface area contributed by atoms with E-state index in [0.29, 0.717) is 84.9 Å². The number of allylic oxidation sites excluding steroid dienone is 4. The number of phosphoric ester groups is 2. The van der Waals surface area contributed by atoms with Crippen molar-refractivity contribution in [2.45, 2.75) is 105 Å². The van der Waals surface area contributed by atoms with Gasteiger partial charge >= 0.3 is 14.8 Å². The minimum absolute atomic E-state index is 0.0565. The standard InChI is InChI=1S/C13H22NO5P.C13H19O5P.C11H16O2.C7H7Cl.C4H10O2.4C3H6.C2H4ClO3P/c14-8-11-19-20(15,16)18-10-5-4-9-17-12-13-6-2-1-3-7-13;14-19(17-10-11-18-19)16-9-5-4-8-15-12-13-6-2-1-3-7-13;12-8-4-5-9-13-10-11-6-2-1-3-7-11;8-6-7-4-2-1-3-5-7;5-3-1-2-4-6;4*1-3-2;3-7(4)5-1-2-6-7/h1-3,6-7H,4-5,8-12,14H2,(H,15,16);1-3,6-7H,4-5,8-12H2;1-3,6-7,12H,4-5,8-10H2;1-5H,6H2;5-6H,1-4H2;4*3H,1H2,2H3;1-2H2. The van der Waals surface area contributed by atoms with Crippen LogP contribution < -0.4 is 10.6 Å². The number of hydrogen-bond donors (Lipinski definition) is 4. The molecule has 486 valence electrons. The summed E-state index contributed by atoms with van der Waals surface area (Å²) in [5.74, 6) is 0.612. The Hall–Kier alpha value is -3.49. The number of phosphoric acid groups is 2. The average Bonchev–Trinajstić information content (AvgIpc) is 4.27. The largest absolute Gasteiger partial charge is 0.756 e. The molecule has 0 bridgehead atoms. The van der Waals surface area contributed by atoms with Crippen molar-refractivity contribution >= 4 is 45.4 Å². The van der Waals surface area contributed by atoms with Crippen molar-refractivity contribution < 1.29 is 85.5 Å². The number of unbranched alkanes of at least 4 members (excludes halogenated alkanes) is 4. The van der Waals surface area contributed by atoms with Crippen molar-refractivity contribution in [2.75, 3.05) is 92.4 Å². The Bertz CT molecular complexity index is 2130. The molecule has 1 unspecified atom stereocenters. The van der Waals surface area contributed by atoms with E-state index in [1.165, 1.54) is 11.1 Å². The second-order valence-electron chi connectivity index (χ2n) is 16.9. The lowest BCUT2D eigenvalue weighted by Crippen LogP contribution is -2.52. The Balaban J connectivity index is -0.000000464. The number of halogens is 2. The maximum absolute atomic E-state index is 11.6. The van der Waals surface area contributed by atoms with Crippen LogP contribution in [-0.4, -0.2) is 108 Å². The number of rotatable bonds is 29. The lowest BCUT2D eigenvalue weighted by atomic mass is 10.2. The average molecular weight is 1300 g/mol. The number of hydrogen-bond acceptors (Lipinski definition) is 17. The highest BCUT2D eigenvalue weighted by Gasteiger charge is 2.31. The molecule has 6 rings (SSSR count). The van der Waals surface area contributed by atoms with Crippen molar-refractivity contribution in [3.05, 3.63) is 194 Å². The van der Waals surface area contributed by atoms with Gasteiger partial charge < -0.3 is 49.2 Å². The van der Waals surface area contributed by atoms with Crippen molar-refractivity contribution in [3.63, 3.8) is 0 Å². The summed E-state index contributed by atoms with van der Waals surface area (Å²) in [6, 6.07) is 40.0. The molecule has 2 aliphatic rings. The predicted molar refractivity (Wildman–Crippen MR) is 344 cm³/mol. The zero-order chi connectivity index (χ0) is 64.2. The molecule has 0 spiro atoms. The molecule has 2 fully saturated rings. The summed E-state index contributed by atoms with van der Waals surface area (Å²) in [4.78, 5) is 11.2. The van der Waals surface area contributed by atoms with E-state index >= 15 is 0 Å². The lowest BCUT2D eigenvalue weighted by molar-refractivity contribution is -0.373. The monoisotopic (exact) mass is 1300 g/mol. The molecule has 1 atom stereocenters. The molecular formula is C62H102Cl2NO17P3. The molecule has 0 saturated carbocycles. The van der Waals surface area contributed by atoms with Crippen LogP contribution in [-0.2, 0) is 85.3 Å². The topological polar surface area (TPSA) is 255 Å². The van der Waals surface area contributed by atoms with Gasteiger partial charge in [0.2, 0.25) is 0 Å². The Morgan fingerprint density at radius 3 is 1.08 bits per heavy atom. The third kappa shape index (κ3) is 67.9. The fraction of sp³-hybridized carbons (Fsp3) is 0.484. The zero-order valence-electron chi connectivity index (χ0n) is 50.9. The van der Waals surface area contributed by atoms with Crippen LogP contribution in [0.15, 0.2) is 172 Å². The minimum Gasteiger partial charge on any atom is -0.756 e. The molecule has 2 heterocycles. The van der Waals surface area contributed by atoms with Crippen LogP contribution >= 0.6 is 45.4 Å². The minimum atomic E-state index is -4.14. The highest BCUT2D eigenvalue weighted by Crippen LogP contribution is 2.56. The van der Waals surface area contributed by atoms with E-state index in [-0.39, 0.29) is 33.0 Å². The van der Waals surface area contributed by atoms with Gasteiger partial charge in [0, 0.05) is 56.8 Å². The summed E-state index contributed by atoms with van der Waals surface area (Å²) in [5, 5.41) is 24.7. The number of quaternary nitrogens is 1. The Kier molecular flexibility index (Phi) is 70.4. The van der Waals surface area contributed by atoms with Crippen LogP contribution in [0, 0.1) is 0 Å². The summed E-state index contributed by atoms with van der Waals surface area (Å²) >= 11 is 10.6. The van der Waals surface area contributed by atoms with Crippen LogP contribution in [0.5, 0.6) is 0 Å². The molecule has 4 aromatic rings. The Labute approximate surface area is 519 Å². The van der Waals surface area contributed by atoms with E-state index in [4.69, 9.17) is 70.5 Å². The molecule has 0 aromatic heterocycles. The molecule has 6 N–H and O–H groups in total. The van der Waals surface area contributed by atoms with E-state index in [1.54, 1.807) is 24.3 Å². The number of alkyl halides is 1. The summed E-state index contributed by atoms with van der Waals surface area (Å²) in [6.45, 7) is 24.7. The SMILES string of the molecule is C=CC.C=CC.C=CC.C=CC.ClCc1ccccc1.O=P1(Cl)OCCO1.O=P1(OCCCCOCc2ccccc2)OCCO1.OCCCCO.OCCCCOCc1ccccc1.[NH3+]CCOP(=O)([O-])OCCCCOCc1ccccc1. The molecule has 85 heavy (non-hydrogen) atoms. The number of aliphatic hydroxyl groups excluding tert-OH is 3. The van der Waals surface area contributed by atoms with Gasteiger partial charge in [0.05, 0.1) is 66.0 Å². The molecule has 2 saturated heterocycles. The van der Waals surface area contributed by atoms with Gasteiger partial charge in [-0.3, -0.25) is 27.2 Å². The second-order valence-corrected chi connectivity index (χ2v) is 22.8. The normalized spacial score (nSPS) is 13.3. The maximum atomic E-state index is 11.6. The maximum Gasteiger partial charge on any atom is 0.474 e. The fourth-order valence-electron chi connectivity index (χ4n) is 5.32. The van der Waals surface area contributed by atoms with E-state index < -0.39 is 22.6 Å². The molecule has 18 nitrogen and oxygen atoms in total. The second kappa shape index (κ2) is 68.0. The third-order valence-electron chi connectivity index (χ3n) is 9.01. The first-order valence-electron chi connectivity index (χ1n) is 28.1. The summed E-state index contributed by atoms with van der Waals surface area (Å²) in [5.41, 5.74) is 8.15. The highest BCUT2D eigenvalue weighted by atomic mass is 35.7. The van der Waals surface area contributed by atoms with Gasteiger partial charge in [-0.2, -0.15) is 0 Å². The molecule has 0 radical (unpaired) electrons. The van der Waals surface area contributed by atoms with Crippen molar-refractivity contribution in [1.29, 1.82) is 0 Å². The van der Waals surface area contributed by atoms with E-state index in [2.05, 4.69) is 45.6 Å². The van der Waals surface area contributed by atoms with Gasteiger partial charge in [0.15, 0.2) is 0 Å². The van der Waals surface area contributed by atoms with Gasteiger partial charge in [-0.15, -0.1) is 37.9 Å². The Morgan fingerprint density at radius 1 is 0.506 bits per heavy atom. The summed E-state index contributed by atoms with van der Waals surface area (Å²) in [6.07, 6.45) is 13.2. The van der Waals surface area contributed by atoms with Gasteiger partial charge in [0.25, 0.3) is 7.82 Å². The number of ether oxygens (including phenoxy) is 3. The van der Waals surface area contributed by atoms with Crippen LogP contribution in [0.25, 0.3) is 0 Å². The predicted octanol–water partition coefficient (Wildman–Crippen LogP) is 14.2. The van der Waals surface area contributed by atoms with Crippen LogP contribution in [0.1, 0.15) is 101 Å². The molecule has 0 aliphatic carbocycles. The lowest BCUT2D eigenvalue weighted by Gasteiger charge is -2.21. The van der Waals surface area contributed by atoms with Crippen molar-refractivity contribution in [1.82, 2.24) is 0 Å². The van der Waals surface area contributed by atoms with Gasteiger partial charge in [-0.25, -0.2) is 9.13 Å². The van der Waals surface area contributed by atoms with E-state index in [0.717, 1.165) is 62.7 Å². The van der Waals surface area contributed by atoms with Crippen LogP contribution in [0.4, 0.5) is 0 Å². The zero-order valence-corrected chi connectivity index (χ0v) is 55.1. The fourth-order valence-corrected chi connectivity index (χ4v) is 8.52. The van der Waals surface area contributed by atoms with E-state index in [9.17, 15) is 18.6 Å². The molecule has 0 amide bonds. The van der Waals surface area contributed by atoms with Crippen molar-refractivity contribution in [2.24, 2.45) is 0 Å². The van der Waals surface area contributed by atoms with Crippen molar-refractivity contribution in [3.8, 4) is 0 Å². The number of benzene rings is 4. The molecule has 2 aliphatic heterocycles. The molecular weight excluding hydrogens is 1190 g/mol. The van der Waals surface area contributed by atoms with Gasteiger partial charge in [-0.05, 0) is 101 Å². The quantitative estimate of drug-likeness (QED) is 0.0171. The van der Waals surface area contributed by atoms with Crippen LogP contribution in [0.3, 0.4) is 0 Å². The first kappa shape index (κ1) is 87.9.